The molecule has 1 aliphatic rings. The molecule has 1 amide bonds. The zero-order chi connectivity index (χ0) is 19.5. The molecule has 2 aromatic carbocycles. The number of benzene rings is 2. The van der Waals surface area contributed by atoms with E-state index in [0.29, 0.717) is 16.5 Å². The summed E-state index contributed by atoms with van der Waals surface area (Å²) < 4.78 is 11.1. The topological polar surface area (TPSA) is 81.4 Å². The molecule has 6 nitrogen and oxygen atoms in total. The number of fused-ring (bicyclic) bond motifs is 1. The molecule has 1 fully saturated rings. The van der Waals surface area contributed by atoms with Gasteiger partial charge in [0.25, 0.3) is 11.1 Å². The van der Waals surface area contributed by atoms with Crippen LogP contribution in [0.25, 0.3) is 11.1 Å². The third-order valence-corrected chi connectivity index (χ3v) is 5.32. The van der Waals surface area contributed by atoms with Gasteiger partial charge in [0.15, 0.2) is 11.7 Å². The van der Waals surface area contributed by atoms with Gasteiger partial charge in [-0.3, -0.25) is 4.79 Å². The molecular weight excluding hydrogens is 376 g/mol. The number of carbonyl (C=O) groups excluding carboxylic acids is 2. The van der Waals surface area contributed by atoms with Crippen molar-refractivity contribution in [1.82, 2.24) is 10.3 Å². The second-order valence-corrected chi connectivity index (χ2v) is 7.65. The number of hydrogen-bond donors (Lipinski definition) is 1. The van der Waals surface area contributed by atoms with Gasteiger partial charge in [0.1, 0.15) is 5.52 Å². The first-order chi connectivity index (χ1) is 13.6. The molecule has 1 saturated carbocycles. The van der Waals surface area contributed by atoms with Crippen LogP contribution in [-0.4, -0.2) is 29.0 Å². The van der Waals surface area contributed by atoms with E-state index in [2.05, 4.69) is 10.3 Å². The number of esters is 1. The average molecular weight is 396 g/mol. The maximum Gasteiger partial charge on any atom is 0.339 e. The molecule has 1 N–H and O–H groups in total. The van der Waals surface area contributed by atoms with Gasteiger partial charge in [0.05, 0.1) is 5.56 Å². The molecule has 7 heteroatoms. The summed E-state index contributed by atoms with van der Waals surface area (Å²) in [6.45, 7) is 1.59. The number of ether oxygens (including phenoxy) is 1. The van der Waals surface area contributed by atoms with E-state index in [1.807, 2.05) is 36.4 Å². The number of para-hydroxylation sites is 2. The SMILES string of the molecule is C[C@H](OC(=O)c1ccccc1CSc1nc2ccccc2o1)C(=O)NC1CC1. The Morgan fingerprint density at radius 2 is 1.96 bits per heavy atom. The number of amides is 1. The zero-order valence-corrected chi connectivity index (χ0v) is 16.2. The van der Waals surface area contributed by atoms with Crippen LogP contribution < -0.4 is 5.32 Å². The van der Waals surface area contributed by atoms with Gasteiger partial charge in [0, 0.05) is 11.8 Å². The summed E-state index contributed by atoms with van der Waals surface area (Å²) in [7, 11) is 0. The van der Waals surface area contributed by atoms with Crippen molar-refractivity contribution in [3.05, 3.63) is 59.7 Å². The van der Waals surface area contributed by atoms with Gasteiger partial charge < -0.3 is 14.5 Å². The lowest BCUT2D eigenvalue weighted by molar-refractivity contribution is -0.129. The molecule has 1 aliphatic carbocycles. The van der Waals surface area contributed by atoms with Crippen LogP contribution >= 0.6 is 11.8 Å². The van der Waals surface area contributed by atoms with E-state index in [-0.39, 0.29) is 11.9 Å². The van der Waals surface area contributed by atoms with E-state index < -0.39 is 12.1 Å². The van der Waals surface area contributed by atoms with E-state index >= 15 is 0 Å². The van der Waals surface area contributed by atoms with Gasteiger partial charge in [0.2, 0.25) is 0 Å². The number of carbonyl (C=O) groups is 2. The Kier molecular flexibility index (Phi) is 5.34. The van der Waals surface area contributed by atoms with Crippen LogP contribution in [-0.2, 0) is 15.3 Å². The van der Waals surface area contributed by atoms with E-state index in [0.717, 1.165) is 29.5 Å². The Morgan fingerprint density at radius 1 is 1.21 bits per heavy atom. The molecule has 0 bridgehead atoms. The summed E-state index contributed by atoms with van der Waals surface area (Å²) in [6.07, 6.45) is 1.15. The first-order valence-corrected chi connectivity index (χ1v) is 10.2. The predicted molar refractivity (Wildman–Crippen MR) is 106 cm³/mol. The number of hydrogen-bond acceptors (Lipinski definition) is 6. The Labute approximate surface area is 166 Å². The van der Waals surface area contributed by atoms with Crippen molar-refractivity contribution in [2.24, 2.45) is 0 Å². The highest BCUT2D eigenvalue weighted by atomic mass is 32.2. The molecule has 0 aliphatic heterocycles. The number of nitrogens with zero attached hydrogens (tertiary/aromatic N) is 1. The Hall–Kier alpha value is -2.80. The monoisotopic (exact) mass is 396 g/mol. The molecule has 1 aromatic heterocycles. The van der Waals surface area contributed by atoms with Gasteiger partial charge in [-0.15, -0.1) is 0 Å². The highest BCUT2D eigenvalue weighted by Gasteiger charge is 2.27. The van der Waals surface area contributed by atoms with E-state index in [4.69, 9.17) is 9.15 Å². The first-order valence-electron chi connectivity index (χ1n) is 9.18. The molecule has 0 unspecified atom stereocenters. The van der Waals surface area contributed by atoms with Crippen LogP contribution in [0.4, 0.5) is 0 Å². The average Bonchev–Trinajstić information content (AvgIpc) is 3.41. The number of aromatic nitrogens is 1. The van der Waals surface area contributed by atoms with Gasteiger partial charge in [-0.05, 0) is 43.5 Å². The molecule has 0 saturated heterocycles. The fourth-order valence-corrected chi connectivity index (χ4v) is 3.56. The van der Waals surface area contributed by atoms with Gasteiger partial charge in [-0.2, -0.15) is 0 Å². The summed E-state index contributed by atoms with van der Waals surface area (Å²) in [4.78, 5) is 29.0. The molecule has 0 radical (unpaired) electrons. The van der Waals surface area contributed by atoms with E-state index in [9.17, 15) is 9.59 Å². The second-order valence-electron chi connectivity index (χ2n) is 6.72. The molecule has 4 rings (SSSR count). The standard InChI is InChI=1S/C21H20N2O4S/c1-13(19(24)22-15-10-11-15)26-20(25)16-7-3-2-6-14(16)12-28-21-23-17-8-4-5-9-18(17)27-21/h2-9,13,15H,10-12H2,1H3,(H,22,24)/t13-/m0/s1. The van der Waals surface area contributed by atoms with Gasteiger partial charge in [-0.1, -0.05) is 42.1 Å². The highest BCUT2D eigenvalue weighted by molar-refractivity contribution is 7.98. The number of thioether (sulfide) groups is 1. The smallest absolute Gasteiger partial charge is 0.339 e. The van der Waals surface area contributed by atoms with Crippen LogP contribution in [0.3, 0.4) is 0 Å². The quantitative estimate of drug-likeness (QED) is 0.481. The minimum atomic E-state index is -0.828. The van der Waals surface area contributed by atoms with E-state index in [1.54, 1.807) is 19.1 Å². The maximum atomic E-state index is 12.6. The van der Waals surface area contributed by atoms with Crippen molar-refractivity contribution < 1.29 is 18.7 Å². The fourth-order valence-electron chi connectivity index (χ4n) is 2.72. The number of oxazole rings is 1. The summed E-state index contributed by atoms with van der Waals surface area (Å²) >= 11 is 1.41. The second kappa shape index (κ2) is 8.06. The first kappa shape index (κ1) is 18.6. The summed E-state index contributed by atoms with van der Waals surface area (Å²) in [5.41, 5.74) is 2.77. The van der Waals surface area contributed by atoms with Crippen LogP contribution in [0, 0.1) is 0 Å². The van der Waals surface area contributed by atoms with Crippen LogP contribution in [0.1, 0.15) is 35.7 Å². The maximum absolute atomic E-state index is 12.6. The Balaban J connectivity index is 1.42. The summed E-state index contributed by atoms with van der Waals surface area (Å²) in [5.74, 6) is -0.262. The third-order valence-electron chi connectivity index (χ3n) is 4.44. The fraction of sp³-hybridized carbons (Fsp3) is 0.286. The minimum Gasteiger partial charge on any atom is -0.449 e. The molecule has 28 heavy (non-hydrogen) atoms. The summed E-state index contributed by atoms with van der Waals surface area (Å²) in [5, 5.41) is 3.39. The lowest BCUT2D eigenvalue weighted by Gasteiger charge is -2.14. The summed E-state index contributed by atoms with van der Waals surface area (Å²) in [6, 6.07) is 15.0. The van der Waals surface area contributed by atoms with Crippen molar-refractivity contribution in [2.75, 3.05) is 0 Å². The van der Waals surface area contributed by atoms with Crippen molar-refractivity contribution in [3.63, 3.8) is 0 Å². The number of rotatable bonds is 7. The lowest BCUT2D eigenvalue weighted by Crippen LogP contribution is -2.37. The van der Waals surface area contributed by atoms with Gasteiger partial charge in [-0.25, -0.2) is 9.78 Å². The largest absolute Gasteiger partial charge is 0.449 e. The molecule has 1 heterocycles. The van der Waals surface area contributed by atoms with E-state index in [1.165, 1.54) is 11.8 Å². The zero-order valence-electron chi connectivity index (χ0n) is 15.4. The molecule has 144 valence electrons. The van der Waals surface area contributed by atoms with Crippen LogP contribution in [0.2, 0.25) is 0 Å². The molecule has 0 spiro atoms. The molecular formula is C21H20N2O4S. The van der Waals surface area contributed by atoms with Crippen molar-refractivity contribution >= 4 is 34.7 Å². The lowest BCUT2D eigenvalue weighted by atomic mass is 10.1. The normalized spacial score (nSPS) is 14.6. The van der Waals surface area contributed by atoms with Gasteiger partial charge >= 0.3 is 5.97 Å². The third kappa shape index (κ3) is 4.36. The Morgan fingerprint density at radius 3 is 2.75 bits per heavy atom. The van der Waals surface area contributed by atoms with Crippen molar-refractivity contribution in [2.45, 2.75) is 42.9 Å². The van der Waals surface area contributed by atoms with Crippen molar-refractivity contribution in [3.8, 4) is 0 Å². The van der Waals surface area contributed by atoms with Crippen LogP contribution in [0.15, 0.2) is 58.2 Å². The highest BCUT2D eigenvalue weighted by Crippen LogP contribution is 2.27. The molecule has 1 atom stereocenters. The van der Waals surface area contributed by atoms with Crippen LogP contribution in [0.5, 0.6) is 0 Å². The minimum absolute atomic E-state index is 0.230. The van der Waals surface area contributed by atoms with Crippen molar-refractivity contribution in [1.29, 1.82) is 0 Å². The number of nitrogens with one attached hydrogen (secondary N) is 1. The predicted octanol–water partition coefficient (Wildman–Crippen LogP) is 3.94. The molecule has 3 aromatic rings. The Bertz CT molecular complexity index is 979.